The number of halogens is 1. The van der Waals surface area contributed by atoms with Crippen LogP contribution in [-0.4, -0.2) is 64.4 Å². The van der Waals surface area contributed by atoms with E-state index in [4.69, 9.17) is 11.6 Å². The van der Waals surface area contributed by atoms with Crippen LogP contribution in [0.5, 0.6) is 0 Å². The Kier molecular flexibility index (Phi) is 5.02. The molecule has 0 aliphatic carbocycles. The van der Waals surface area contributed by atoms with Crippen LogP contribution in [0.2, 0.25) is 5.02 Å². The number of hydrogen-bond acceptors (Lipinski definition) is 4. The van der Waals surface area contributed by atoms with Gasteiger partial charge in [-0.05, 0) is 42.3 Å². The van der Waals surface area contributed by atoms with Crippen molar-refractivity contribution in [2.45, 2.75) is 19.1 Å². The summed E-state index contributed by atoms with van der Waals surface area (Å²) in [5, 5.41) is 13.0. The number of carbonyl (C=O) groups excluding carboxylic acids is 3. The van der Waals surface area contributed by atoms with Crippen molar-refractivity contribution in [1.82, 2.24) is 9.80 Å². The zero-order valence-electron chi connectivity index (χ0n) is 15.8. The van der Waals surface area contributed by atoms with Crippen LogP contribution >= 0.6 is 11.6 Å². The van der Waals surface area contributed by atoms with E-state index in [9.17, 15) is 19.5 Å². The van der Waals surface area contributed by atoms with E-state index in [0.717, 1.165) is 11.1 Å². The second-order valence-electron chi connectivity index (χ2n) is 7.23. The summed E-state index contributed by atoms with van der Waals surface area (Å²) in [6, 6.07) is 11.8. The van der Waals surface area contributed by atoms with Gasteiger partial charge < -0.3 is 20.2 Å². The number of nitrogens with zero attached hydrogens (tertiary/aromatic N) is 2. The number of aliphatic hydroxyl groups is 1. The summed E-state index contributed by atoms with van der Waals surface area (Å²) in [5.41, 5.74) is 2.60. The van der Waals surface area contributed by atoms with Gasteiger partial charge in [-0.2, -0.15) is 0 Å². The third-order valence-corrected chi connectivity index (χ3v) is 5.55. The van der Waals surface area contributed by atoms with Gasteiger partial charge in [0.1, 0.15) is 12.1 Å². The number of fused-ring (bicyclic) bond motifs is 2. The van der Waals surface area contributed by atoms with Crippen LogP contribution in [0, 0.1) is 0 Å². The number of piperazine rings is 1. The van der Waals surface area contributed by atoms with Crippen LogP contribution < -0.4 is 5.32 Å². The number of anilines is 1. The second kappa shape index (κ2) is 7.50. The van der Waals surface area contributed by atoms with Gasteiger partial charge in [-0.1, -0.05) is 29.8 Å². The van der Waals surface area contributed by atoms with E-state index >= 15 is 0 Å². The van der Waals surface area contributed by atoms with Crippen LogP contribution in [0.1, 0.15) is 17.3 Å². The van der Waals surface area contributed by atoms with Gasteiger partial charge in [0.2, 0.25) is 5.91 Å². The maximum atomic E-state index is 13.2. The third-order valence-electron chi connectivity index (χ3n) is 5.30. The van der Waals surface area contributed by atoms with Gasteiger partial charge in [0.05, 0.1) is 17.8 Å². The Hall–Kier alpha value is -2.90. The molecule has 1 saturated heterocycles. The topological polar surface area (TPSA) is 89.9 Å². The van der Waals surface area contributed by atoms with Crippen molar-refractivity contribution in [1.29, 1.82) is 0 Å². The highest BCUT2D eigenvalue weighted by atomic mass is 35.5. The minimum absolute atomic E-state index is 0.0549. The number of amides is 3. The number of benzene rings is 2. The summed E-state index contributed by atoms with van der Waals surface area (Å²) in [6.07, 6.45) is -1.15. The standard InChI is InChI=1S/C21H20ClN3O4/c1-12(26)20(28)24-8-9-25-18(11-24)19(27)23-17-7-4-14(10-16(17)21(25)29)13-2-5-15(22)6-3-13/h2-7,10,12,18,26H,8-9,11H2,1H3,(H,23,27)/t12-,18-/m0/s1. The zero-order chi connectivity index (χ0) is 20.7. The minimum atomic E-state index is -1.15. The van der Waals surface area contributed by atoms with Gasteiger partial charge in [0.25, 0.3) is 11.8 Å². The molecule has 2 atom stereocenters. The fourth-order valence-corrected chi connectivity index (χ4v) is 3.86. The summed E-state index contributed by atoms with van der Waals surface area (Å²) in [6.45, 7) is 1.94. The molecule has 2 heterocycles. The maximum absolute atomic E-state index is 13.2. The summed E-state index contributed by atoms with van der Waals surface area (Å²) < 4.78 is 0. The van der Waals surface area contributed by atoms with E-state index in [1.807, 2.05) is 18.2 Å². The number of hydrogen-bond donors (Lipinski definition) is 2. The van der Waals surface area contributed by atoms with Gasteiger partial charge in [0.15, 0.2) is 0 Å². The molecule has 2 N–H and O–H groups in total. The van der Waals surface area contributed by atoms with Gasteiger partial charge >= 0.3 is 0 Å². The average Bonchev–Trinajstić information content (AvgIpc) is 2.82. The predicted octanol–water partition coefficient (Wildman–Crippen LogP) is 1.99. The Morgan fingerprint density at radius 1 is 1.14 bits per heavy atom. The Balaban J connectivity index is 1.66. The summed E-state index contributed by atoms with van der Waals surface area (Å²) in [4.78, 5) is 41.0. The Bertz CT molecular complexity index is 990. The summed E-state index contributed by atoms with van der Waals surface area (Å²) >= 11 is 5.95. The lowest BCUT2D eigenvalue weighted by atomic mass is 10.0. The Morgan fingerprint density at radius 2 is 1.83 bits per heavy atom. The van der Waals surface area contributed by atoms with Gasteiger partial charge in [-0.3, -0.25) is 14.4 Å². The molecular weight excluding hydrogens is 394 g/mol. The summed E-state index contributed by atoms with van der Waals surface area (Å²) in [7, 11) is 0. The van der Waals surface area contributed by atoms with Crippen molar-refractivity contribution in [3.63, 3.8) is 0 Å². The highest BCUT2D eigenvalue weighted by Crippen LogP contribution is 2.30. The highest BCUT2D eigenvalue weighted by Gasteiger charge is 2.40. The van der Waals surface area contributed by atoms with Crippen LogP contribution in [0.25, 0.3) is 11.1 Å². The first kappa shape index (κ1) is 19.4. The SMILES string of the molecule is C[C@H](O)C(=O)N1CCN2C(=O)c3cc(-c4ccc(Cl)cc4)ccc3NC(=O)[C@@H]2C1. The predicted molar refractivity (Wildman–Crippen MR) is 109 cm³/mol. The molecule has 2 aromatic carbocycles. The molecule has 0 radical (unpaired) electrons. The van der Waals surface area contributed by atoms with Crippen molar-refractivity contribution in [2.24, 2.45) is 0 Å². The van der Waals surface area contributed by atoms with Crippen molar-refractivity contribution in [3.8, 4) is 11.1 Å². The van der Waals surface area contributed by atoms with Crippen LogP contribution in [0.3, 0.4) is 0 Å². The molecule has 0 spiro atoms. The Morgan fingerprint density at radius 3 is 2.52 bits per heavy atom. The molecule has 2 aliphatic heterocycles. The summed E-state index contributed by atoms with van der Waals surface area (Å²) in [5.74, 6) is -1.06. The molecule has 0 bridgehead atoms. The third kappa shape index (κ3) is 3.59. The maximum Gasteiger partial charge on any atom is 0.256 e. The van der Waals surface area contributed by atoms with Gasteiger partial charge in [-0.15, -0.1) is 0 Å². The van der Waals surface area contributed by atoms with Gasteiger partial charge in [-0.25, -0.2) is 0 Å². The van der Waals surface area contributed by atoms with Crippen molar-refractivity contribution < 1.29 is 19.5 Å². The highest BCUT2D eigenvalue weighted by molar-refractivity contribution is 6.30. The number of rotatable bonds is 2. The van der Waals surface area contributed by atoms with Crippen molar-refractivity contribution in [3.05, 3.63) is 53.1 Å². The lowest BCUT2D eigenvalue weighted by molar-refractivity contribution is -0.143. The fraction of sp³-hybridized carbons (Fsp3) is 0.286. The van der Waals surface area contributed by atoms with E-state index in [1.54, 1.807) is 24.3 Å². The molecule has 0 unspecified atom stereocenters. The lowest BCUT2D eigenvalue weighted by Gasteiger charge is -2.39. The Labute approximate surface area is 172 Å². The quantitative estimate of drug-likeness (QED) is 0.787. The van der Waals surface area contributed by atoms with Crippen molar-refractivity contribution in [2.75, 3.05) is 25.0 Å². The number of aliphatic hydroxyl groups excluding tert-OH is 1. The van der Waals surface area contributed by atoms with E-state index in [0.29, 0.717) is 16.3 Å². The molecule has 1 fully saturated rings. The first-order valence-corrected chi connectivity index (χ1v) is 9.71. The van der Waals surface area contributed by atoms with Gasteiger partial charge in [0, 0.05) is 18.1 Å². The van der Waals surface area contributed by atoms with E-state index in [1.165, 1.54) is 16.7 Å². The number of carbonyl (C=O) groups is 3. The molecule has 4 rings (SSSR count). The monoisotopic (exact) mass is 413 g/mol. The van der Waals surface area contributed by atoms with E-state index in [-0.39, 0.29) is 31.4 Å². The van der Waals surface area contributed by atoms with Crippen molar-refractivity contribution >= 4 is 35.0 Å². The fourth-order valence-electron chi connectivity index (χ4n) is 3.74. The zero-order valence-corrected chi connectivity index (χ0v) is 16.5. The molecule has 150 valence electrons. The van der Waals surface area contributed by atoms with Crippen LogP contribution in [-0.2, 0) is 9.59 Å². The number of nitrogens with one attached hydrogen (secondary N) is 1. The molecule has 29 heavy (non-hydrogen) atoms. The molecule has 0 aromatic heterocycles. The van der Waals surface area contributed by atoms with E-state index < -0.39 is 18.1 Å². The molecule has 2 aliphatic rings. The molecule has 8 heteroatoms. The molecule has 2 aromatic rings. The van der Waals surface area contributed by atoms with Crippen LogP contribution in [0.15, 0.2) is 42.5 Å². The average molecular weight is 414 g/mol. The largest absolute Gasteiger partial charge is 0.384 e. The first-order chi connectivity index (χ1) is 13.8. The molecule has 0 saturated carbocycles. The van der Waals surface area contributed by atoms with E-state index in [2.05, 4.69) is 5.32 Å². The molecule has 7 nitrogen and oxygen atoms in total. The lowest BCUT2D eigenvalue weighted by Crippen LogP contribution is -2.60. The smallest absolute Gasteiger partial charge is 0.256 e. The normalized spacial score (nSPS) is 19.8. The first-order valence-electron chi connectivity index (χ1n) is 9.34. The molecule has 3 amide bonds. The van der Waals surface area contributed by atoms with Crippen LogP contribution in [0.4, 0.5) is 5.69 Å². The second-order valence-corrected chi connectivity index (χ2v) is 7.67. The molecular formula is C21H20ClN3O4. The minimum Gasteiger partial charge on any atom is -0.384 e.